The Kier molecular flexibility index (Phi) is 8.10. The second kappa shape index (κ2) is 9.49. The van der Waals surface area contributed by atoms with Gasteiger partial charge in [-0.3, -0.25) is 0 Å². The molecule has 0 aliphatic carbocycles. The van der Waals surface area contributed by atoms with E-state index in [4.69, 9.17) is 9.47 Å². The molecule has 0 radical (unpaired) electrons. The van der Waals surface area contributed by atoms with Gasteiger partial charge in [-0.05, 0) is 37.0 Å². The quantitative estimate of drug-likeness (QED) is 0.510. The second-order valence-corrected chi connectivity index (χ2v) is 4.75. The SMILES string of the molecule is COc1ccc(CCOCCCCCBr)cc1. The molecule has 0 saturated carbocycles. The molecule has 2 nitrogen and oxygen atoms in total. The first-order chi connectivity index (χ1) is 8.36. The Hall–Kier alpha value is -0.540. The van der Waals surface area contributed by atoms with Gasteiger partial charge in [-0.1, -0.05) is 34.5 Å². The van der Waals surface area contributed by atoms with E-state index < -0.39 is 0 Å². The van der Waals surface area contributed by atoms with Gasteiger partial charge in [-0.25, -0.2) is 0 Å². The molecule has 0 aromatic heterocycles. The topological polar surface area (TPSA) is 18.5 Å². The molecule has 96 valence electrons. The molecule has 0 aliphatic rings. The Morgan fingerprint density at radius 3 is 2.41 bits per heavy atom. The predicted octanol–water partition coefficient (Wildman–Crippen LogP) is 3.82. The first-order valence-electron chi connectivity index (χ1n) is 6.13. The number of benzene rings is 1. The molecule has 0 N–H and O–H groups in total. The lowest BCUT2D eigenvalue weighted by atomic mass is 10.1. The Bertz CT molecular complexity index is 285. The monoisotopic (exact) mass is 300 g/mol. The zero-order valence-corrected chi connectivity index (χ0v) is 12.0. The van der Waals surface area contributed by atoms with E-state index >= 15 is 0 Å². The van der Waals surface area contributed by atoms with Gasteiger partial charge in [0.2, 0.25) is 0 Å². The Morgan fingerprint density at radius 1 is 1.00 bits per heavy atom. The van der Waals surface area contributed by atoms with Crippen molar-refractivity contribution in [2.75, 3.05) is 25.7 Å². The van der Waals surface area contributed by atoms with Gasteiger partial charge in [-0.2, -0.15) is 0 Å². The van der Waals surface area contributed by atoms with Crippen molar-refractivity contribution in [2.24, 2.45) is 0 Å². The fraction of sp³-hybridized carbons (Fsp3) is 0.571. The fourth-order valence-electron chi connectivity index (χ4n) is 1.56. The highest BCUT2D eigenvalue weighted by Crippen LogP contribution is 2.11. The maximum atomic E-state index is 5.59. The van der Waals surface area contributed by atoms with Crippen LogP contribution in [-0.4, -0.2) is 25.7 Å². The van der Waals surface area contributed by atoms with Crippen LogP contribution in [0.25, 0.3) is 0 Å². The summed E-state index contributed by atoms with van der Waals surface area (Å²) in [6.45, 7) is 1.68. The molecule has 0 atom stereocenters. The van der Waals surface area contributed by atoms with Crippen molar-refractivity contribution in [1.29, 1.82) is 0 Å². The van der Waals surface area contributed by atoms with Gasteiger partial charge in [0.1, 0.15) is 5.75 Å². The van der Waals surface area contributed by atoms with Gasteiger partial charge in [0.05, 0.1) is 13.7 Å². The molecule has 0 amide bonds. The molecular weight excluding hydrogens is 280 g/mol. The Morgan fingerprint density at radius 2 is 1.76 bits per heavy atom. The molecule has 17 heavy (non-hydrogen) atoms. The van der Waals surface area contributed by atoms with E-state index in [1.54, 1.807) is 7.11 Å². The van der Waals surface area contributed by atoms with Crippen LogP contribution >= 0.6 is 15.9 Å². The molecule has 0 aliphatic heterocycles. The van der Waals surface area contributed by atoms with Crippen molar-refractivity contribution < 1.29 is 9.47 Å². The standard InChI is InChI=1S/C14H21BrO2/c1-16-14-7-5-13(6-8-14)9-12-17-11-4-2-3-10-15/h5-8H,2-4,9-12H2,1H3. The minimum absolute atomic E-state index is 0.806. The highest BCUT2D eigenvalue weighted by Gasteiger charge is 1.95. The zero-order valence-electron chi connectivity index (χ0n) is 10.5. The van der Waals surface area contributed by atoms with Gasteiger partial charge >= 0.3 is 0 Å². The summed E-state index contributed by atoms with van der Waals surface area (Å²) in [5.74, 6) is 0.907. The van der Waals surface area contributed by atoms with Crippen molar-refractivity contribution in [2.45, 2.75) is 25.7 Å². The van der Waals surface area contributed by atoms with Crippen LogP contribution in [0.15, 0.2) is 24.3 Å². The van der Waals surface area contributed by atoms with Crippen LogP contribution in [0.1, 0.15) is 24.8 Å². The van der Waals surface area contributed by atoms with Gasteiger partial charge in [-0.15, -0.1) is 0 Å². The maximum absolute atomic E-state index is 5.59. The lowest BCUT2D eigenvalue weighted by Crippen LogP contribution is -2.00. The van der Waals surface area contributed by atoms with Crippen molar-refractivity contribution in [1.82, 2.24) is 0 Å². The minimum Gasteiger partial charge on any atom is -0.497 e. The maximum Gasteiger partial charge on any atom is 0.118 e. The van der Waals surface area contributed by atoms with E-state index in [2.05, 4.69) is 28.1 Å². The molecule has 0 heterocycles. The summed E-state index contributed by atoms with van der Waals surface area (Å²) in [7, 11) is 1.69. The van der Waals surface area contributed by atoms with Crippen LogP contribution in [0.4, 0.5) is 0 Å². The highest BCUT2D eigenvalue weighted by atomic mass is 79.9. The number of ether oxygens (including phenoxy) is 2. The van der Waals surface area contributed by atoms with Crippen LogP contribution in [0.2, 0.25) is 0 Å². The average Bonchev–Trinajstić information content (AvgIpc) is 2.38. The molecule has 3 heteroatoms. The van der Waals surface area contributed by atoms with Crippen LogP contribution < -0.4 is 4.74 Å². The second-order valence-electron chi connectivity index (χ2n) is 3.96. The van der Waals surface area contributed by atoms with E-state index in [0.29, 0.717) is 0 Å². The third kappa shape index (κ3) is 6.69. The first-order valence-corrected chi connectivity index (χ1v) is 7.25. The first kappa shape index (κ1) is 14.5. The Labute approximate surface area is 112 Å². The molecule has 0 bridgehead atoms. The summed E-state index contributed by atoms with van der Waals surface area (Å²) >= 11 is 3.42. The van der Waals surface area contributed by atoms with E-state index in [1.807, 2.05) is 12.1 Å². The van der Waals surface area contributed by atoms with Crippen LogP contribution in [0.5, 0.6) is 5.75 Å². The van der Waals surface area contributed by atoms with Crippen LogP contribution in [0, 0.1) is 0 Å². The molecule has 0 saturated heterocycles. The molecular formula is C14H21BrO2. The molecule has 1 aromatic carbocycles. The smallest absolute Gasteiger partial charge is 0.118 e. The summed E-state index contributed by atoms with van der Waals surface area (Å²) in [6.07, 6.45) is 4.62. The van der Waals surface area contributed by atoms with Gasteiger partial charge in [0.15, 0.2) is 0 Å². The summed E-state index contributed by atoms with van der Waals surface area (Å²) in [5, 5.41) is 1.10. The zero-order chi connectivity index (χ0) is 12.3. The van der Waals surface area contributed by atoms with Crippen molar-refractivity contribution in [3.8, 4) is 5.75 Å². The molecule has 0 fully saturated rings. The van der Waals surface area contributed by atoms with Gasteiger partial charge < -0.3 is 9.47 Å². The largest absolute Gasteiger partial charge is 0.497 e. The van der Waals surface area contributed by atoms with Crippen molar-refractivity contribution in [3.05, 3.63) is 29.8 Å². The van der Waals surface area contributed by atoms with E-state index in [0.717, 1.165) is 37.1 Å². The summed E-state index contributed by atoms with van der Waals surface area (Å²) in [6, 6.07) is 8.16. The molecule has 0 unspecified atom stereocenters. The number of unbranched alkanes of at least 4 members (excludes halogenated alkanes) is 2. The molecule has 1 aromatic rings. The molecule has 0 spiro atoms. The Balaban J connectivity index is 2.05. The van der Waals surface area contributed by atoms with Gasteiger partial charge in [0, 0.05) is 11.9 Å². The van der Waals surface area contributed by atoms with E-state index in [-0.39, 0.29) is 0 Å². The van der Waals surface area contributed by atoms with Crippen molar-refractivity contribution >= 4 is 15.9 Å². The number of halogens is 1. The summed E-state index contributed by atoms with van der Waals surface area (Å²) in [5.41, 5.74) is 1.30. The van der Waals surface area contributed by atoms with E-state index in [1.165, 1.54) is 18.4 Å². The fourth-order valence-corrected chi connectivity index (χ4v) is 1.96. The lowest BCUT2D eigenvalue weighted by Gasteiger charge is -2.05. The summed E-state index contributed by atoms with van der Waals surface area (Å²) < 4.78 is 10.7. The predicted molar refractivity (Wildman–Crippen MR) is 75.2 cm³/mol. The van der Waals surface area contributed by atoms with E-state index in [9.17, 15) is 0 Å². The van der Waals surface area contributed by atoms with Crippen molar-refractivity contribution in [3.63, 3.8) is 0 Å². The minimum atomic E-state index is 0.806. The number of hydrogen-bond acceptors (Lipinski definition) is 2. The van der Waals surface area contributed by atoms with Crippen LogP contribution in [-0.2, 0) is 11.2 Å². The average molecular weight is 301 g/mol. The number of alkyl halides is 1. The third-order valence-electron chi connectivity index (χ3n) is 2.62. The summed E-state index contributed by atoms with van der Waals surface area (Å²) in [4.78, 5) is 0. The number of rotatable bonds is 9. The molecule has 1 rings (SSSR count). The highest BCUT2D eigenvalue weighted by molar-refractivity contribution is 9.09. The van der Waals surface area contributed by atoms with Crippen LogP contribution in [0.3, 0.4) is 0 Å². The number of hydrogen-bond donors (Lipinski definition) is 0. The normalized spacial score (nSPS) is 10.5. The third-order valence-corrected chi connectivity index (χ3v) is 3.18. The van der Waals surface area contributed by atoms with Gasteiger partial charge in [0.25, 0.3) is 0 Å². The lowest BCUT2D eigenvalue weighted by molar-refractivity contribution is 0.133. The number of methoxy groups -OCH3 is 1.